The van der Waals surface area contributed by atoms with E-state index in [4.69, 9.17) is 5.11 Å². The van der Waals surface area contributed by atoms with Gasteiger partial charge in [0.15, 0.2) is 9.90 Å². The molecule has 0 saturated carbocycles. The fourth-order valence-electron chi connectivity index (χ4n) is 2.45. The molecular weight excluding hydrogens is 314 g/mol. The number of hydrogen-bond donors (Lipinski definition) is 2. The lowest BCUT2D eigenvalue weighted by atomic mass is 10.1. The number of carboxylic acids is 1. The van der Waals surface area contributed by atoms with E-state index in [-0.39, 0.29) is 10.3 Å². The molecule has 1 saturated heterocycles. The summed E-state index contributed by atoms with van der Waals surface area (Å²) < 4.78 is 26.8. The Bertz CT molecular complexity index is 593. The van der Waals surface area contributed by atoms with Crippen molar-refractivity contribution in [1.29, 1.82) is 0 Å². The van der Waals surface area contributed by atoms with Crippen molar-refractivity contribution in [2.45, 2.75) is 36.4 Å². The Labute approximate surface area is 128 Å². The molecule has 2 N–H and O–H groups in total. The molecule has 2 heterocycles. The third kappa shape index (κ3) is 4.22. The molecule has 1 aliphatic heterocycles. The zero-order valence-corrected chi connectivity index (χ0v) is 13.4. The second-order valence-electron chi connectivity index (χ2n) is 5.18. The molecule has 7 nitrogen and oxygen atoms in total. The molecule has 0 aliphatic carbocycles. The number of thiazole rings is 1. The summed E-state index contributed by atoms with van der Waals surface area (Å²) >= 11 is 0.817. The van der Waals surface area contributed by atoms with Crippen molar-refractivity contribution >= 4 is 27.3 Å². The number of hydrogen-bond acceptors (Lipinski definition) is 6. The first kappa shape index (κ1) is 16.3. The zero-order valence-electron chi connectivity index (χ0n) is 11.8. The lowest BCUT2D eigenvalue weighted by Crippen LogP contribution is -2.43. The standard InChI is InChI=1S/C12H19N3O4S2/c1-9(7-15-5-3-2-4-6-15)14-21(18,19)12-10(11(16)17)13-8-20-12/h8-9,14H,2-7H2,1H3,(H,16,17). The summed E-state index contributed by atoms with van der Waals surface area (Å²) in [5, 5.41) is 8.96. The summed E-state index contributed by atoms with van der Waals surface area (Å²) in [7, 11) is -3.84. The van der Waals surface area contributed by atoms with Gasteiger partial charge in [0.25, 0.3) is 10.0 Å². The number of likely N-dealkylation sites (tertiary alicyclic amines) is 1. The number of rotatable bonds is 6. The first-order chi connectivity index (χ1) is 9.90. The number of nitrogens with one attached hydrogen (secondary N) is 1. The third-order valence-electron chi connectivity index (χ3n) is 3.32. The largest absolute Gasteiger partial charge is 0.476 e. The second-order valence-corrected chi connectivity index (χ2v) is 7.94. The van der Waals surface area contributed by atoms with Crippen LogP contribution in [0.4, 0.5) is 0 Å². The van der Waals surface area contributed by atoms with E-state index in [1.165, 1.54) is 11.9 Å². The van der Waals surface area contributed by atoms with Crippen LogP contribution in [0.25, 0.3) is 0 Å². The number of carbonyl (C=O) groups is 1. The first-order valence-corrected chi connectivity index (χ1v) is 9.18. The molecule has 1 fully saturated rings. The first-order valence-electron chi connectivity index (χ1n) is 6.81. The number of aromatic carboxylic acids is 1. The molecule has 1 aromatic rings. The highest BCUT2D eigenvalue weighted by Crippen LogP contribution is 2.20. The summed E-state index contributed by atoms with van der Waals surface area (Å²) in [6.45, 7) is 4.37. The van der Waals surface area contributed by atoms with Crippen molar-refractivity contribution in [1.82, 2.24) is 14.6 Å². The minimum Gasteiger partial charge on any atom is -0.476 e. The van der Waals surface area contributed by atoms with Gasteiger partial charge in [-0.2, -0.15) is 0 Å². The summed E-state index contributed by atoms with van der Waals surface area (Å²) in [5.74, 6) is -1.33. The molecule has 0 amide bonds. The van der Waals surface area contributed by atoms with Gasteiger partial charge in [0.1, 0.15) is 0 Å². The van der Waals surface area contributed by atoms with Crippen molar-refractivity contribution in [2.75, 3.05) is 19.6 Å². The maximum absolute atomic E-state index is 12.2. The number of aromatic nitrogens is 1. The van der Waals surface area contributed by atoms with Crippen LogP contribution in [0.15, 0.2) is 9.72 Å². The number of nitrogens with zero attached hydrogens (tertiary/aromatic N) is 2. The van der Waals surface area contributed by atoms with Crippen molar-refractivity contribution in [2.24, 2.45) is 0 Å². The molecule has 21 heavy (non-hydrogen) atoms. The molecule has 2 rings (SSSR count). The normalized spacial score (nSPS) is 18.5. The van der Waals surface area contributed by atoms with Crippen LogP contribution in [0.2, 0.25) is 0 Å². The van der Waals surface area contributed by atoms with Crippen LogP contribution >= 0.6 is 11.3 Å². The molecule has 1 atom stereocenters. The van der Waals surface area contributed by atoms with Crippen molar-refractivity contribution in [3.63, 3.8) is 0 Å². The van der Waals surface area contributed by atoms with Crippen LogP contribution in [0, 0.1) is 0 Å². The van der Waals surface area contributed by atoms with Gasteiger partial charge in [0.2, 0.25) is 0 Å². The van der Waals surface area contributed by atoms with E-state index < -0.39 is 21.7 Å². The highest BCUT2D eigenvalue weighted by Gasteiger charge is 2.27. The van der Waals surface area contributed by atoms with Gasteiger partial charge in [0.05, 0.1) is 5.51 Å². The number of carboxylic acid groups (broad SMARTS) is 1. The fraction of sp³-hybridized carbons (Fsp3) is 0.667. The van der Waals surface area contributed by atoms with E-state index in [1.807, 2.05) is 0 Å². The van der Waals surface area contributed by atoms with Crippen molar-refractivity contribution < 1.29 is 18.3 Å². The summed E-state index contributed by atoms with van der Waals surface area (Å²) in [5.41, 5.74) is 0.811. The monoisotopic (exact) mass is 333 g/mol. The van der Waals surface area contributed by atoms with Crippen molar-refractivity contribution in [3.05, 3.63) is 11.2 Å². The second kappa shape index (κ2) is 6.82. The van der Waals surface area contributed by atoms with Crippen LogP contribution in [0.1, 0.15) is 36.7 Å². The maximum Gasteiger partial charge on any atom is 0.356 e. The van der Waals surface area contributed by atoms with Gasteiger partial charge >= 0.3 is 5.97 Å². The molecule has 1 aliphatic rings. The minimum atomic E-state index is -3.84. The minimum absolute atomic E-state index is 0.236. The van der Waals surface area contributed by atoms with E-state index in [0.29, 0.717) is 6.54 Å². The third-order valence-corrected chi connectivity index (χ3v) is 6.28. The molecule has 0 bridgehead atoms. The Kier molecular flexibility index (Phi) is 5.31. The van der Waals surface area contributed by atoms with Gasteiger partial charge in [0, 0.05) is 12.6 Å². The van der Waals surface area contributed by atoms with Gasteiger partial charge in [-0.05, 0) is 32.9 Å². The number of piperidine rings is 1. The van der Waals surface area contributed by atoms with Crippen LogP contribution in [-0.2, 0) is 10.0 Å². The van der Waals surface area contributed by atoms with Crippen LogP contribution < -0.4 is 4.72 Å². The molecule has 0 spiro atoms. The van der Waals surface area contributed by atoms with Gasteiger partial charge in [-0.15, -0.1) is 11.3 Å². The summed E-state index contributed by atoms with van der Waals surface area (Å²) in [6, 6.07) is -0.281. The summed E-state index contributed by atoms with van der Waals surface area (Å²) in [6.07, 6.45) is 3.49. The van der Waals surface area contributed by atoms with E-state index >= 15 is 0 Å². The predicted octanol–water partition coefficient (Wildman–Crippen LogP) is 0.994. The van der Waals surface area contributed by atoms with Gasteiger partial charge < -0.3 is 10.0 Å². The Balaban J connectivity index is 2.02. The van der Waals surface area contributed by atoms with Gasteiger partial charge in [-0.3, -0.25) is 0 Å². The SMILES string of the molecule is CC(CN1CCCCC1)NS(=O)(=O)c1scnc1C(=O)O. The van der Waals surface area contributed by atoms with Gasteiger partial charge in [-0.1, -0.05) is 6.42 Å². The average Bonchev–Trinajstić information content (AvgIpc) is 2.89. The Morgan fingerprint density at radius 3 is 2.76 bits per heavy atom. The molecular formula is C12H19N3O4S2. The van der Waals surface area contributed by atoms with E-state index in [2.05, 4.69) is 14.6 Å². The molecule has 0 aromatic carbocycles. The predicted molar refractivity (Wildman–Crippen MR) is 79.1 cm³/mol. The Morgan fingerprint density at radius 2 is 2.14 bits per heavy atom. The highest BCUT2D eigenvalue weighted by atomic mass is 32.2. The molecule has 118 valence electrons. The zero-order chi connectivity index (χ0) is 15.5. The molecule has 1 unspecified atom stereocenters. The number of sulfonamides is 1. The molecule has 9 heteroatoms. The quantitative estimate of drug-likeness (QED) is 0.805. The lowest BCUT2D eigenvalue weighted by Gasteiger charge is -2.29. The maximum atomic E-state index is 12.2. The van der Waals surface area contributed by atoms with Crippen LogP contribution in [0.5, 0.6) is 0 Å². The highest BCUT2D eigenvalue weighted by molar-refractivity contribution is 7.91. The molecule has 1 aromatic heterocycles. The van der Waals surface area contributed by atoms with E-state index in [1.54, 1.807) is 6.92 Å². The lowest BCUT2D eigenvalue weighted by molar-refractivity contribution is 0.0687. The van der Waals surface area contributed by atoms with Crippen LogP contribution in [0.3, 0.4) is 0 Å². The Morgan fingerprint density at radius 1 is 1.48 bits per heavy atom. The topological polar surface area (TPSA) is 99.6 Å². The van der Waals surface area contributed by atoms with Crippen LogP contribution in [-0.4, -0.2) is 55.1 Å². The Hall–Kier alpha value is -1.03. The smallest absolute Gasteiger partial charge is 0.356 e. The molecule has 0 radical (unpaired) electrons. The van der Waals surface area contributed by atoms with Gasteiger partial charge in [-0.25, -0.2) is 22.9 Å². The van der Waals surface area contributed by atoms with Crippen molar-refractivity contribution in [3.8, 4) is 0 Å². The summed E-state index contributed by atoms with van der Waals surface area (Å²) in [4.78, 5) is 16.8. The van der Waals surface area contributed by atoms with E-state index in [9.17, 15) is 13.2 Å². The fourth-order valence-corrected chi connectivity index (χ4v) is 4.85. The van der Waals surface area contributed by atoms with E-state index in [0.717, 1.165) is 37.3 Å². The average molecular weight is 333 g/mol.